The van der Waals surface area contributed by atoms with Crippen LogP contribution in [0.15, 0.2) is 22.4 Å². The Morgan fingerprint density at radius 2 is 1.78 bits per heavy atom. The second kappa shape index (κ2) is 11.3. The molecule has 2 rings (SSSR count). The van der Waals surface area contributed by atoms with Crippen LogP contribution in [0.1, 0.15) is 61.3 Å². The number of fused-ring (bicyclic) bond motifs is 1. The highest BCUT2D eigenvalue weighted by atomic mass is 19.3. The first-order valence-electron chi connectivity index (χ1n) is 9.75. The Balaban J connectivity index is 0.00000158. The van der Waals surface area contributed by atoms with Gasteiger partial charge in [-0.3, -0.25) is 4.79 Å². The zero-order chi connectivity index (χ0) is 21.4. The van der Waals surface area contributed by atoms with Crippen molar-refractivity contribution in [2.24, 2.45) is 11.8 Å². The highest BCUT2D eigenvalue weighted by Crippen LogP contribution is 2.64. The molecule has 0 saturated heterocycles. The molecule has 0 heterocycles. The van der Waals surface area contributed by atoms with Crippen LogP contribution in [-0.2, 0) is 9.53 Å². The molecule has 1 saturated carbocycles. The fourth-order valence-corrected chi connectivity index (χ4v) is 3.11. The Hall–Kier alpha value is -1.53. The molecule has 7 heteroatoms. The van der Waals surface area contributed by atoms with Crippen LogP contribution in [0.4, 0.5) is 17.6 Å². The van der Waals surface area contributed by atoms with Gasteiger partial charge in [-0.05, 0) is 38.2 Å². The van der Waals surface area contributed by atoms with Gasteiger partial charge < -0.3 is 10.1 Å². The first-order chi connectivity index (χ1) is 12.8. The maximum absolute atomic E-state index is 14.4. The maximum atomic E-state index is 14.4. The Morgan fingerprint density at radius 1 is 1.22 bits per heavy atom. The van der Waals surface area contributed by atoms with Crippen molar-refractivity contribution in [3.63, 3.8) is 0 Å². The molecule has 0 aromatic rings. The summed E-state index contributed by atoms with van der Waals surface area (Å²) in [6.45, 7) is 12.5. The van der Waals surface area contributed by atoms with Gasteiger partial charge >= 0.3 is 5.97 Å². The second-order valence-corrected chi connectivity index (χ2v) is 5.87. The predicted molar refractivity (Wildman–Crippen MR) is 99.9 cm³/mol. The first kappa shape index (κ1) is 25.5. The highest BCUT2D eigenvalue weighted by Gasteiger charge is 2.66. The van der Waals surface area contributed by atoms with Crippen molar-refractivity contribution in [1.29, 1.82) is 0 Å². The number of hydrogen-bond donors (Lipinski definition) is 1. The molecule has 0 aliphatic heterocycles. The molecule has 3 nitrogen and oxygen atoms in total. The summed E-state index contributed by atoms with van der Waals surface area (Å²) < 4.78 is 60.4. The largest absolute Gasteiger partial charge is 0.465 e. The minimum absolute atomic E-state index is 0.00125. The molecule has 27 heavy (non-hydrogen) atoms. The quantitative estimate of drug-likeness (QED) is 0.442. The molecule has 0 aromatic heterocycles. The van der Waals surface area contributed by atoms with Crippen LogP contribution in [0.5, 0.6) is 0 Å². The Labute approximate surface area is 160 Å². The lowest BCUT2D eigenvalue weighted by Gasteiger charge is -2.22. The molecule has 2 aliphatic rings. The van der Waals surface area contributed by atoms with Gasteiger partial charge in [0.05, 0.1) is 12.3 Å². The lowest BCUT2D eigenvalue weighted by Crippen LogP contribution is -2.35. The third kappa shape index (κ3) is 5.72. The Bertz CT molecular complexity index is 556. The van der Waals surface area contributed by atoms with Gasteiger partial charge in [0, 0.05) is 11.5 Å². The minimum Gasteiger partial charge on any atom is -0.465 e. The SMILES string of the molecule is CC.CC.CCOC(=O)CNC1=C(C(=C(C)CC)C(F)F)C2CC2C1(F)F. The molecule has 0 aromatic carbocycles. The third-order valence-corrected chi connectivity index (χ3v) is 4.44. The highest BCUT2D eigenvalue weighted by molar-refractivity contribution is 5.72. The lowest BCUT2D eigenvalue weighted by atomic mass is 9.95. The second-order valence-electron chi connectivity index (χ2n) is 5.87. The number of carbonyl (C=O) groups is 1. The third-order valence-electron chi connectivity index (χ3n) is 4.44. The van der Waals surface area contributed by atoms with Gasteiger partial charge in [0.15, 0.2) is 0 Å². The molecule has 2 aliphatic carbocycles. The van der Waals surface area contributed by atoms with E-state index in [4.69, 9.17) is 4.74 Å². The van der Waals surface area contributed by atoms with Crippen molar-refractivity contribution in [3.8, 4) is 0 Å². The maximum Gasteiger partial charge on any atom is 0.325 e. The number of alkyl halides is 4. The summed E-state index contributed by atoms with van der Waals surface area (Å²) >= 11 is 0. The number of nitrogens with one attached hydrogen (secondary N) is 1. The molecule has 0 bridgehead atoms. The molecule has 158 valence electrons. The van der Waals surface area contributed by atoms with Crippen LogP contribution in [-0.4, -0.2) is 31.5 Å². The van der Waals surface area contributed by atoms with Crippen LogP contribution >= 0.6 is 0 Å². The van der Waals surface area contributed by atoms with Crippen LogP contribution in [0.3, 0.4) is 0 Å². The molecule has 2 atom stereocenters. The fourth-order valence-electron chi connectivity index (χ4n) is 3.11. The Kier molecular flexibility index (Phi) is 10.7. The van der Waals surface area contributed by atoms with E-state index in [1.54, 1.807) is 13.8 Å². The molecule has 1 fully saturated rings. The summed E-state index contributed by atoms with van der Waals surface area (Å²) in [5, 5.41) is 2.37. The molecular weight excluding hydrogens is 362 g/mol. The molecule has 0 amide bonds. The average Bonchev–Trinajstić information content (AvgIpc) is 3.41. The van der Waals surface area contributed by atoms with Crippen molar-refractivity contribution >= 4 is 5.97 Å². The lowest BCUT2D eigenvalue weighted by molar-refractivity contribution is -0.142. The zero-order valence-corrected chi connectivity index (χ0v) is 17.4. The van der Waals surface area contributed by atoms with Crippen LogP contribution in [0, 0.1) is 11.8 Å². The van der Waals surface area contributed by atoms with Gasteiger partial charge in [-0.25, -0.2) is 8.78 Å². The van der Waals surface area contributed by atoms with E-state index >= 15 is 0 Å². The van der Waals surface area contributed by atoms with Gasteiger partial charge in [0.2, 0.25) is 0 Å². The molecular formula is C20H33F4NO2. The number of ether oxygens (including phenoxy) is 1. The topological polar surface area (TPSA) is 38.3 Å². The van der Waals surface area contributed by atoms with E-state index in [1.165, 1.54) is 6.92 Å². The van der Waals surface area contributed by atoms with Crippen molar-refractivity contribution in [3.05, 3.63) is 22.4 Å². The zero-order valence-electron chi connectivity index (χ0n) is 17.4. The van der Waals surface area contributed by atoms with Gasteiger partial charge in [0.25, 0.3) is 12.3 Å². The molecule has 1 N–H and O–H groups in total. The number of hydrogen-bond acceptors (Lipinski definition) is 3. The first-order valence-corrected chi connectivity index (χ1v) is 9.75. The molecule has 0 spiro atoms. The van der Waals surface area contributed by atoms with E-state index < -0.39 is 42.4 Å². The van der Waals surface area contributed by atoms with Crippen LogP contribution < -0.4 is 5.32 Å². The summed E-state index contributed by atoms with van der Waals surface area (Å²) in [5.41, 5.74) is -0.439. The Morgan fingerprint density at radius 3 is 2.22 bits per heavy atom. The summed E-state index contributed by atoms with van der Waals surface area (Å²) in [4.78, 5) is 11.4. The van der Waals surface area contributed by atoms with Crippen molar-refractivity contribution in [2.75, 3.05) is 13.2 Å². The standard InChI is InChI=1S/C16H21F4NO2.2C2H6/c1-4-8(3)12(15(17)18)13-9-6-10(9)16(19,20)14(13)21-7-11(22)23-5-2;2*1-2/h9-10,15,21H,4-7H2,1-3H3;2*1-2H3. The summed E-state index contributed by atoms with van der Waals surface area (Å²) in [5.74, 6) is -5.40. The predicted octanol–water partition coefficient (Wildman–Crippen LogP) is 5.72. The average molecular weight is 395 g/mol. The van der Waals surface area contributed by atoms with Crippen molar-refractivity contribution in [1.82, 2.24) is 5.32 Å². The number of rotatable bonds is 7. The molecule has 0 radical (unpaired) electrons. The van der Waals surface area contributed by atoms with E-state index in [0.29, 0.717) is 12.0 Å². The number of esters is 1. The number of allylic oxidation sites excluding steroid dienone is 4. The monoisotopic (exact) mass is 395 g/mol. The summed E-state index contributed by atoms with van der Waals surface area (Å²) in [7, 11) is 0. The van der Waals surface area contributed by atoms with Crippen LogP contribution in [0.25, 0.3) is 0 Å². The summed E-state index contributed by atoms with van der Waals surface area (Å²) in [6.07, 6.45) is -2.25. The van der Waals surface area contributed by atoms with Crippen molar-refractivity contribution in [2.45, 2.75) is 73.7 Å². The van der Waals surface area contributed by atoms with Crippen molar-refractivity contribution < 1.29 is 27.1 Å². The van der Waals surface area contributed by atoms with Gasteiger partial charge in [-0.2, -0.15) is 8.78 Å². The minimum atomic E-state index is -3.21. The normalized spacial score (nSPS) is 22.7. The molecule has 2 unspecified atom stereocenters. The van der Waals surface area contributed by atoms with Gasteiger partial charge in [-0.1, -0.05) is 40.2 Å². The van der Waals surface area contributed by atoms with E-state index in [-0.39, 0.29) is 24.2 Å². The smallest absolute Gasteiger partial charge is 0.325 e. The van der Waals surface area contributed by atoms with E-state index in [1.807, 2.05) is 27.7 Å². The van der Waals surface area contributed by atoms with E-state index in [2.05, 4.69) is 5.32 Å². The van der Waals surface area contributed by atoms with E-state index in [0.717, 1.165) is 0 Å². The van der Waals surface area contributed by atoms with Gasteiger partial charge in [-0.15, -0.1) is 0 Å². The number of halogens is 4. The summed E-state index contributed by atoms with van der Waals surface area (Å²) in [6, 6.07) is 0. The van der Waals surface area contributed by atoms with E-state index in [9.17, 15) is 22.4 Å². The fraction of sp³-hybridized carbons (Fsp3) is 0.750. The van der Waals surface area contributed by atoms with Gasteiger partial charge in [0.1, 0.15) is 6.54 Å². The van der Waals surface area contributed by atoms with Crippen LogP contribution in [0.2, 0.25) is 0 Å². The number of carbonyl (C=O) groups excluding carboxylic acids is 1.